The molecule has 2 heterocycles. The molecule has 1 saturated heterocycles. The minimum atomic E-state index is -0.172. The summed E-state index contributed by atoms with van der Waals surface area (Å²) in [5, 5.41) is 8.88. The monoisotopic (exact) mass is 229 g/mol. The third kappa shape index (κ3) is 2.31. The zero-order valence-electron chi connectivity index (χ0n) is 9.22. The number of hydrogen-bond donors (Lipinski definition) is 0. The molecule has 0 radical (unpaired) electrons. The number of likely N-dealkylation sites (tertiary alicyclic amines) is 1. The first-order valence-corrected chi connectivity index (χ1v) is 5.39. The molecule has 2 amide bonds. The van der Waals surface area contributed by atoms with Gasteiger partial charge in [0.1, 0.15) is 11.8 Å². The molecule has 1 aromatic heterocycles. The highest BCUT2D eigenvalue weighted by molar-refractivity contribution is 5.97. The van der Waals surface area contributed by atoms with Crippen molar-refractivity contribution < 1.29 is 9.59 Å². The van der Waals surface area contributed by atoms with E-state index in [1.54, 1.807) is 12.1 Å². The van der Waals surface area contributed by atoms with E-state index in [1.165, 1.54) is 11.1 Å². The Bertz CT molecular complexity index is 489. The molecule has 0 N–H and O–H groups in total. The Hall–Kier alpha value is -2.22. The Balaban J connectivity index is 2.23. The number of nitriles is 1. The van der Waals surface area contributed by atoms with Gasteiger partial charge in [0.15, 0.2) is 0 Å². The summed E-state index contributed by atoms with van der Waals surface area (Å²) in [5.74, 6) is -0.344. The zero-order chi connectivity index (χ0) is 12.3. The molecule has 5 nitrogen and oxygen atoms in total. The summed E-state index contributed by atoms with van der Waals surface area (Å²) in [5.41, 5.74) is 0.872. The van der Waals surface area contributed by atoms with Crippen LogP contribution < -0.4 is 0 Å². The van der Waals surface area contributed by atoms with Gasteiger partial charge in [0, 0.05) is 24.6 Å². The Morgan fingerprint density at radius 2 is 2.06 bits per heavy atom. The fourth-order valence-corrected chi connectivity index (χ4v) is 1.81. The fraction of sp³-hybridized carbons (Fsp3) is 0.333. The first-order valence-electron chi connectivity index (χ1n) is 5.39. The third-order valence-corrected chi connectivity index (χ3v) is 2.71. The molecule has 0 unspecified atom stereocenters. The summed E-state index contributed by atoms with van der Waals surface area (Å²) in [4.78, 5) is 28.3. The Morgan fingerprint density at radius 3 is 2.71 bits per heavy atom. The van der Waals surface area contributed by atoms with Gasteiger partial charge in [-0.3, -0.25) is 14.5 Å². The van der Waals surface area contributed by atoms with E-state index < -0.39 is 0 Å². The topological polar surface area (TPSA) is 74.1 Å². The van der Waals surface area contributed by atoms with Crippen LogP contribution in [-0.4, -0.2) is 21.7 Å². The quantitative estimate of drug-likeness (QED) is 0.709. The minimum Gasteiger partial charge on any atom is -0.278 e. The lowest BCUT2D eigenvalue weighted by Gasteiger charge is -2.24. The highest BCUT2D eigenvalue weighted by atomic mass is 16.2. The fourth-order valence-electron chi connectivity index (χ4n) is 1.81. The van der Waals surface area contributed by atoms with Gasteiger partial charge in [-0.25, -0.2) is 4.98 Å². The van der Waals surface area contributed by atoms with Crippen LogP contribution in [0, 0.1) is 11.3 Å². The van der Waals surface area contributed by atoms with Crippen LogP contribution in [0.15, 0.2) is 18.3 Å². The summed E-state index contributed by atoms with van der Waals surface area (Å²) >= 11 is 0. The normalized spacial score (nSPS) is 15.8. The molecule has 1 aliphatic heterocycles. The van der Waals surface area contributed by atoms with Crippen LogP contribution >= 0.6 is 0 Å². The van der Waals surface area contributed by atoms with Crippen LogP contribution in [0.25, 0.3) is 0 Å². The van der Waals surface area contributed by atoms with Gasteiger partial charge in [-0.1, -0.05) is 6.07 Å². The van der Waals surface area contributed by atoms with Gasteiger partial charge in [0.05, 0.1) is 6.54 Å². The van der Waals surface area contributed by atoms with E-state index in [2.05, 4.69) is 4.98 Å². The van der Waals surface area contributed by atoms with Gasteiger partial charge in [-0.2, -0.15) is 5.26 Å². The molecule has 0 atom stereocenters. The first kappa shape index (κ1) is 11.3. The molecule has 0 spiro atoms. The molecule has 86 valence electrons. The maximum Gasteiger partial charge on any atom is 0.229 e. The van der Waals surface area contributed by atoms with E-state index in [1.807, 2.05) is 6.07 Å². The van der Waals surface area contributed by atoms with Crippen molar-refractivity contribution in [1.29, 1.82) is 5.26 Å². The smallest absolute Gasteiger partial charge is 0.229 e. The lowest BCUT2D eigenvalue weighted by atomic mass is 10.1. The van der Waals surface area contributed by atoms with Crippen molar-refractivity contribution in [2.24, 2.45) is 0 Å². The first-order chi connectivity index (χ1) is 8.22. The number of pyridine rings is 1. The van der Waals surface area contributed by atoms with E-state index in [-0.39, 0.29) is 24.1 Å². The molecular weight excluding hydrogens is 218 g/mol. The van der Waals surface area contributed by atoms with E-state index in [0.717, 1.165) is 0 Å². The number of rotatable bonds is 2. The lowest BCUT2D eigenvalue weighted by molar-refractivity contribution is -0.148. The van der Waals surface area contributed by atoms with Crippen LogP contribution in [0.3, 0.4) is 0 Å². The minimum absolute atomic E-state index is 0.147. The number of nitrogens with zero attached hydrogens (tertiary/aromatic N) is 3. The molecule has 0 saturated carbocycles. The number of imide groups is 1. The Labute approximate surface area is 98.7 Å². The SMILES string of the molecule is N#Cc1ncccc1CN1C(=O)CCCC1=O. The number of carbonyl (C=O) groups excluding carboxylic acids is 2. The summed E-state index contributed by atoms with van der Waals surface area (Å²) in [7, 11) is 0. The second kappa shape index (κ2) is 4.74. The average Bonchev–Trinajstić information content (AvgIpc) is 2.34. The van der Waals surface area contributed by atoms with E-state index in [9.17, 15) is 9.59 Å². The average molecular weight is 229 g/mol. The predicted octanol–water partition coefficient (Wildman–Crippen LogP) is 0.992. The van der Waals surface area contributed by atoms with E-state index in [4.69, 9.17) is 5.26 Å². The van der Waals surface area contributed by atoms with Gasteiger partial charge >= 0.3 is 0 Å². The molecule has 2 rings (SSSR count). The molecular formula is C12H11N3O2. The lowest BCUT2D eigenvalue weighted by Crippen LogP contribution is -2.39. The summed E-state index contributed by atoms with van der Waals surface area (Å²) in [6, 6.07) is 5.35. The summed E-state index contributed by atoms with van der Waals surface area (Å²) in [6.07, 6.45) is 2.93. The second-order valence-electron chi connectivity index (χ2n) is 3.85. The van der Waals surface area contributed by atoms with Gasteiger partial charge in [-0.05, 0) is 12.5 Å². The van der Waals surface area contributed by atoms with Crippen molar-refractivity contribution in [2.75, 3.05) is 0 Å². The predicted molar refractivity (Wildman–Crippen MR) is 58.4 cm³/mol. The highest BCUT2D eigenvalue weighted by Gasteiger charge is 2.26. The van der Waals surface area contributed by atoms with Gasteiger partial charge < -0.3 is 0 Å². The maximum atomic E-state index is 11.6. The second-order valence-corrected chi connectivity index (χ2v) is 3.85. The molecule has 0 aliphatic carbocycles. The van der Waals surface area contributed by atoms with Gasteiger partial charge in [0.25, 0.3) is 0 Å². The number of piperidine rings is 1. The number of aromatic nitrogens is 1. The van der Waals surface area contributed by atoms with Crippen LogP contribution in [0.5, 0.6) is 0 Å². The van der Waals surface area contributed by atoms with Crippen molar-refractivity contribution >= 4 is 11.8 Å². The molecule has 1 aliphatic rings. The Kier molecular flexibility index (Phi) is 3.15. The molecule has 0 aromatic carbocycles. The standard InChI is InChI=1S/C12H11N3O2/c13-7-10-9(3-2-6-14-10)8-15-11(16)4-1-5-12(15)17/h2-3,6H,1,4-5,8H2. The van der Waals surface area contributed by atoms with Crippen molar-refractivity contribution in [2.45, 2.75) is 25.8 Å². The molecule has 0 bridgehead atoms. The molecule has 5 heteroatoms. The van der Waals surface area contributed by atoms with Crippen LogP contribution in [0.1, 0.15) is 30.5 Å². The van der Waals surface area contributed by atoms with Gasteiger partial charge in [-0.15, -0.1) is 0 Å². The van der Waals surface area contributed by atoms with Crippen molar-refractivity contribution in [3.63, 3.8) is 0 Å². The van der Waals surface area contributed by atoms with E-state index in [0.29, 0.717) is 24.8 Å². The summed E-state index contributed by atoms with van der Waals surface area (Å²) in [6.45, 7) is 0.147. The van der Waals surface area contributed by atoms with Crippen molar-refractivity contribution in [3.05, 3.63) is 29.6 Å². The van der Waals surface area contributed by atoms with Crippen LogP contribution in [-0.2, 0) is 16.1 Å². The van der Waals surface area contributed by atoms with E-state index >= 15 is 0 Å². The molecule has 17 heavy (non-hydrogen) atoms. The van der Waals surface area contributed by atoms with Crippen LogP contribution in [0.4, 0.5) is 0 Å². The molecule has 1 fully saturated rings. The third-order valence-electron chi connectivity index (χ3n) is 2.71. The zero-order valence-corrected chi connectivity index (χ0v) is 9.22. The van der Waals surface area contributed by atoms with Crippen molar-refractivity contribution in [1.82, 2.24) is 9.88 Å². The Morgan fingerprint density at radius 1 is 1.35 bits per heavy atom. The molecule has 1 aromatic rings. The number of amides is 2. The maximum absolute atomic E-state index is 11.6. The summed E-state index contributed by atoms with van der Waals surface area (Å²) < 4.78 is 0. The van der Waals surface area contributed by atoms with Gasteiger partial charge in [0.2, 0.25) is 11.8 Å². The number of carbonyl (C=O) groups is 2. The number of hydrogen-bond acceptors (Lipinski definition) is 4. The van der Waals surface area contributed by atoms with Crippen LogP contribution in [0.2, 0.25) is 0 Å². The van der Waals surface area contributed by atoms with Crippen molar-refractivity contribution in [3.8, 4) is 6.07 Å². The highest BCUT2D eigenvalue weighted by Crippen LogP contribution is 2.16. The largest absolute Gasteiger partial charge is 0.278 e.